The van der Waals surface area contributed by atoms with Crippen molar-refractivity contribution < 1.29 is 0 Å². The van der Waals surface area contributed by atoms with E-state index in [0.717, 1.165) is 22.3 Å². The van der Waals surface area contributed by atoms with Crippen LogP contribution in [0.2, 0.25) is 0 Å². The number of hydrogen-bond acceptors (Lipinski definition) is 5. The number of nitrogens with two attached hydrogens (primary N) is 1. The van der Waals surface area contributed by atoms with Gasteiger partial charge in [-0.15, -0.1) is 11.3 Å². The molecular formula is C16H17N3S2. The van der Waals surface area contributed by atoms with E-state index < -0.39 is 0 Å². The van der Waals surface area contributed by atoms with Crippen molar-refractivity contribution in [1.82, 2.24) is 9.97 Å². The predicted octanol–water partition coefficient (Wildman–Crippen LogP) is 4.26. The number of thiophene rings is 1. The van der Waals surface area contributed by atoms with Gasteiger partial charge in [0.15, 0.2) is 0 Å². The number of para-hydroxylation sites is 1. The van der Waals surface area contributed by atoms with Gasteiger partial charge in [0.1, 0.15) is 11.4 Å². The Labute approximate surface area is 132 Å². The van der Waals surface area contributed by atoms with Crippen molar-refractivity contribution in [3.05, 3.63) is 53.0 Å². The van der Waals surface area contributed by atoms with Crippen molar-refractivity contribution in [2.45, 2.75) is 29.7 Å². The van der Waals surface area contributed by atoms with Gasteiger partial charge in [-0.05, 0) is 23.9 Å². The van der Waals surface area contributed by atoms with Crippen LogP contribution in [-0.4, -0.2) is 16.0 Å². The number of aromatic nitrogens is 2. The number of rotatable bonds is 5. The van der Waals surface area contributed by atoms with Crippen molar-refractivity contribution in [3.8, 4) is 0 Å². The van der Waals surface area contributed by atoms with Gasteiger partial charge in [0.25, 0.3) is 0 Å². The van der Waals surface area contributed by atoms with Crippen LogP contribution in [0.5, 0.6) is 0 Å². The summed E-state index contributed by atoms with van der Waals surface area (Å²) in [5.41, 5.74) is 7.32. The first-order chi connectivity index (χ1) is 10.3. The average Bonchev–Trinajstić information content (AvgIpc) is 3.06. The van der Waals surface area contributed by atoms with E-state index in [0.29, 0.717) is 0 Å². The van der Waals surface area contributed by atoms with Crippen LogP contribution in [0.15, 0.2) is 53.1 Å². The first-order valence-corrected chi connectivity index (χ1v) is 8.71. The van der Waals surface area contributed by atoms with E-state index in [9.17, 15) is 0 Å². The minimum absolute atomic E-state index is 0.113. The Morgan fingerprint density at radius 2 is 2.05 bits per heavy atom. The first kappa shape index (κ1) is 14.5. The second-order valence-corrected chi connectivity index (χ2v) is 6.93. The molecule has 2 N–H and O–H groups in total. The SMILES string of the molecule is CCC(N)C(Sc1ncnc2ccccc12)c1cccs1. The average molecular weight is 315 g/mol. The molecule has 3 nitrogen and oxygen atoms in total. The lowest BCUT2D eigenvalue weighted by Gasteiger charge is -2.21. The lowest BCUT2D eigenvalue weighted by Crippen LogP contribution is -2.25. The topological polar surface area (TPSA) is 51.8 Å². The normalized spacial score (nSPS) is 14.2. The molecular weight excluding hydrogens is 298 g/mol. The summed E-state index contributed by atoms with van der Waals surface area (Å²) in [6.07, 6.45) is 2.58. The van der Waals surface area contributed by atoms with Gasteiger partial charge in [-0.1, -0.05) is 43.0 Å². The molecule has 21 heavy (non-hydrogen) atoms. The molecule has 2 aromatic heterocycles. The highest BCUT2D eigenvalue weighted by molar-refractivity contribution is 7.99. The molecule has 0 fully saturated rings. The van der Waals surface area contributed by atoms with E-state index in [-0.39, 0.29) is 11.3 Å². The van der Waals surface area contributed by atoms with Gasteiger partial charge in [-0.3, -0.25) is 0 Å². The minimum Gasteiger partial charge on any atom is -0.326 e. The molecule has 0 saturated carbocycles. The third-order valence-electron chi connectivity index (χ3n) is 3.43. The molecule has 0 bridgehead atoms. The molecule has 0 aliphatic heterocycles. The van der Waals surface area contributed by atoms with Crippen LogP contribution in [0.3, 0.4) is 0 Å². The van der Waals surface area contributed by atoms with Crippen LogP contribution in [0.4, 0.5) is 0 Å². The third kappa shape index (κ3) is 3.10. The zero-order valence-electron chi connectivity index (χ0n) is 11.8. The van der Waals surface area contributed by atoms with Crippen LogP contribution in [0.25, 0.3) is 10.9 Å². The van der Waals surface area contributed by atoms with E-state index in [1.165, 1.54) is 4.88 Å². The van der Waals surface area contributed by atoms with Crippen LogP contribution >= 0.6 is 23.1 Å². The van der Waals surface area contributed by atoms with Crippen LogP contribution in [0, 0.1) is 0 Å². The fourth-order valence-electron chi connectivity index (χ4n) is 2.22. The molecule has 1 aromatic carbocycles. The highest BCUT2D eigenvalue weighted by atomic mass is 32.2. The standard InChI is InChI=1S/C16H17N3S2/c1-2-12(17)15(14-8-5-9-20-14)21-16-11-6-3-4-7-13(11)18-10-19-16/h3-10,12,15H,2,17H2,1H3. The maximum Gasteiger partial charge on any atom is 0.117 e. The van der Waals surface area contributed by atoms with Crippen molar-refractivity contribution in [3.63, 3.8) is 0 Å². The van der Waals surface area contributed by atoms with E-state index in [2.05, 4.69) is 40.5 Å². The fraction of sp³-hybridized carbons (Fsp3) is 0.250. The van der Waals surface area contributed by atoms with Gasteiger partial charge in [0.2, 0.25) is 0 Å². The number of nitrogens with zero attached hydrogens (tertiary/aromatic N) is 2. The molecule has 0 aliphatic carbocycles. The largest absolute Gasteiger partial charge is 0.326 e. The highest BCUT2D eigenvalue weighted by Gasteiger charge is 2.22. The summed E-state index contributed by atoms with van der Waals surface area (Å²) in [6.45, 7) is 2.13. The molecule has 2 unspecified atom stereocenters. The molecule has 0 spiro atoms. The summed E-state index contributed by atoms with van der Waals surface area (Å²) >= 11 is 3.50. The second-order valence-electron chi connectivity index (χ2n) is 4.82. The smallest absolute Gasteiger partial charge is 0.117 e. The molecule has 0 aliphatic rings. The number of thioether (sulfide) groups is 1. The summed E-state index contributed by atoms with van der Waals surface area (Å²) in [5, 5.41) is 4.43. The summed E-state index contributed by atoms with van der Waals surface area (Å²) in [6, 6.07) is 12.5. The van der Waals surface area contributed by atoms with Crippen molar-refractivity contribution in [1.29, 1.82) is 0 Å². The first-order valence-electron chi connectivity index (χ1n) is 6.95. The van der Waals surface area contributed by atoms with Gasteiger partial charge in [0.05, 0.1) is 10.8 Å². The Morgan fingerprint density at radius 3 is 2.81 bits per heavy atom. The Kier molecular flexibility index (Phi) is 4.53. The lowest BCUT2D eigenvalue weighted by molar-refractivity contribution is 0.639. The lowest BCUT2D eigenvalue weighted by atomic mass is 10.1. The second kappa shape index (κ2) is 6.56. The minimum atomic E-state index is 0.113. The van der Waals surface area contributed by atoms with E-state index in [1.54, 1.807) is 29.4 Å². The summed E-state index contributed by atoms with van der Waals surface area (Å²) in [5.74, 6) is 0. The van der Waals surface area contributed by atoms with Crippen LogP contribution < -0.4 is 5.73 Å². The van der Waals surface area contributed by atoms with E-state index >= 15 is 0 Å². The highest BCUT2D eigenvalue weighted by Crippen LogP contribution is 2.41. The molecule has 5 heteroatoms. The molecule has 108 valence electrons. The quantitative estimate of drug-likeness (QED) is 0.564. The monoisotopic (exact) mass is 315 g/mol. The van der Waals surface area contributed by atoms with Crippen LogP contribution in [0.1, 0.15) is 23.5 Å². The molecule has 3 rings (SSSR count). The number of fused-ring (bicyclic) bond motifs is 1. The van der Waals surface area contributed by atoms with Gasteiger partial charge in [-0.25, -0.2) is 9.97 Å². The predicted molar refractivity (Wildman–Crippen MR) is 90.7 cm³/mol. The molecule has 2 heterocycles. The zero-order valence-corrected chi connectivity index (χ0v) is 13.4. The van der Waals surface area contributed by atoms with E-state index in [1.807, 2.05) is 18.2 Å². The Balaban J connectivity index is 1.98. The number of benzene rings is 1. The maximum atomic E-state index is 6.34. The van der Waals surface area contributed by atoms with Crippen molar-refractivity contribution >= 4 is 34.0 Å². The summed E-state index contributed by atoms with van der Waals surface area (Å²) in [4.78, 5) is 10.1. The Morgan fingerprint density at radius 1 is 1.19 bits per heavy atom. The van der Waals surface area contributed by atoms with E-state index in [4.69, 9.17) is 5.73 Å². The number of hydrogen-bond donors (Lipinski definition) is 1. The van der Waals surface area contributed by atoms with Gasteiger partial charge in [0, 0.05) is 16.3 Å². The van der Waals surface area contributed by atoms with Gasteiger partial charge < -0.3 is 5.73 Å². The molecule has 0 radical (unpaired) electrons. The fourth-order valence-corrected chi connectivity index (χ4v) is 4.52. The summed E-state index contributed by atoms with van der Waals surface area (Å²) in [7, 11) is 0. The Hall–Kier alpha value is -1.43. The molecule has 0 amide bonds. The maximum absolute atomic E-state index is 6.34. The van der Waals surface area contributed by atoms with Crippen LogP contribution in [-0.2, 0) is 0 Å². The van der Waals surface area contributed by atoms with Gasteiger partial charge >= 0.3 is 0 Å². The molecule has 3 aromatic rings. The van der Waals surface area contributed by atoms with Crippen molar-refractivity contribution in [2.24, 2.45) is 5.73 Å². The van der Waals surface area contributed by atoms with Crippen molar-refractivity contribution in [2.75, 3.05) is 0 Å². The Bertz CT molecular complexity index is 707. The van der Waals surface area contributed by atoms with Gasteiger partial charge in [-0.2, -0.15) is 0 Å². The third-order valence-corrected chi connectivity index (χ3v) is 5.94. The molecule has 2 atom stereocenters. The summed E-state index contributed by atoms with van der Waals surface area (Å²) < 4.78 is 0. The zero-order chi connectivity index (χ0) is 14.7. The molecule has 0 saturated heterocycles.